The smallest absolute Gasteiger partial charge is 0.253 e. The van der Waals surface area contributed by atoms with Crippen LogP contribution in [0.25, 0.3) is 0 Å². The third-order valence-corrected chi connectivity index (χ3v) is 2.77. The first-order chi connectivity index (χ1) is 8.19. The highest BCUT2D eigenvalue weighted by Gasteiger charge is 2.20. The number of hydrogen-bond acceptors (Lipinski definition) is 4. The van der Waals surface area contributed by atoms with E-state index in [1.165, 1.54) is 23.6 Å². The number of ether oxygens (including phenoxy) is 1. The summed E-state index contributed by atoms with van der Waals surface area (Å²) in [6, 6.07) is 0. The van der Waals surface area contributed by atoms with E-state index in [9.17, 15) is 9.59 Å². The van der Waals surface area contributed by atoms with Crippen LogP contribution in [0, 0.1) is 0 Å². The molecule has 2 aliphatic rings. The molecule has 0 aromatic carbocycles. The number of carbonyl (C=O) groups excluding carboxylic acids is 2. The quantitative estimate of drug-likeness (QED) is 0.650. The zero-order chi connectivity index (χ0) is 12.7. The molecule has 5 heteroatoms. The molecule has 96 valence electrons. The molecule has 2 aliphatic heterocycles. The van der Waals surface area contributed by atoms with Crippen LogP contribution in [0.15, 0.2) is 12.2 Å². The summed E-state index contributed by atoms with van der Waals surface area (Å²) in [5.74, 6) is -0.412. The van der Waals surface area contributed by atoms with Gasteiger partial charge >= 0.3 is 0 Å². The Morgan fingerprint density at radius 2 is 1.59 bits per heavy atom. The molecule has 0 unspecified atom stereocenters. The zero-order valence-corrected chi connectivity index (χ0v) is 10.5. The van der Waals surface area contributed by atoms with E-state index < -0.39 is 0 Å². The molecular formula is C12H20N2O3. The van der Waals surface area contributed by atoms with Gasteiger partial charge in [-0.2, -0.15) is 0 Å². The Kier molecular flexibility index (Phi) is 5.86. The van der Waals surface area contributed by atoms with Crippen molar-refractivity contribution >= 4 is 11.8 Å². The molecule has 0 radical (unpaired) electrons. The molecule has 0 spiro atoms. The fraction of sp³-hybridized carbons (Fsp3) is 0.667. The Balaban J connectivity index is 0.000000171. The zero-order valence-electron chi connectivity index (χ0n) is 10.5. The second kappa shape index (κ2) is 7.19. The summed E-state index contributed by atoms with van der Waals surface area (Å²) >= 11 is 0. The van der Waals surface area contributed by atoms with Crippen LogP contribution < -0.4 is 0 Å². The first-order valence-corrected chi connectivity index (χ1v) is 6.02. The summed E-state index contributed by atoms with van der Waals surface area (Å²) in [4.78, 5) is 24.8. The highest BCUT2D eigenvalue weighted by atomic mass is 16.5. The first kappa shape index (κ1) is 13.9. The Labute approximate surface area is 102 Å². The van der Waals surface area contributed by atoms with Gasteiger partial charge in [-0.15, -0.1) is 0 Å². The van der Waals surface area contributed by atoms with Crippen molar-refractivity contribution in [3.8, 4) is 0 Å². The van der Waals surface area contributed by atoms with Crippen molar-refractivity contribution in [2.75, 3.05) is 39.4 Å². The minimum Gasteiger partial charge on any atom is -0.379 e. The predicted octanol–water partition coefficient (Wildman–Crippen LogP) is 0.270. The molecule has 2 amide bonds. The van der Waals surface area contributed by atoms with Crippen LogP contribution >= 0.6 is 0 Å². The summed E-state index contributed by atoms with van der Waals surface area (Å²) in [5.41, 5.74) is 0. The SMILES string of the molecule is CCN1C(=O)C=CC1=O.CCN1CCOCC1. The van der Waals surface area contributed by atoms with Gasteiger partial charge in [0.1, 0.15) is 0 Å². The molecular weight excluding hydrogens is 220 g/mol. The van der Waals surface area contributed by atoms with E-state index in [-0.39, 0.29) is 11.8 Å². The predicted molar refractivity (Wildman–Crippen MR) is 64.5 cm³/mol. The molecule has 17 heavy (non-hydrogen) atoms. The van der Waals surface area contributed by atoms with Crippen molar-refractivity contribution < 1.29 is 14.3 Å². The van der Waals surface area contributed by atoms with Gasteiger partial charge in [0.05, 0.1) is 13.2 Å². The Morgan fingerprint density at radius 3 is 1.88 bits per heavy atom. The highest BCUT2D eigenvalue weighted by Crippen LogP contribution is 2.00. The number of imide groups is 1. The van der Waals surface area contributed by atoms with E-state index in [0.717, 1.165) is 26.3 Å². The van der Waals surface area contributed by atoms with E-state index in [4.69, 9.17) is 4.74 Å². The molecule has 0 aromatic rings. The number of amides is 2. The molecule has 5 nitrogen and oxygen atoms in total. The monoisotopic (exact) mass is 240 g/mol. The van der Waals surface area contributed by atoms with Crippen LogP contribution in [-0.4, -0.2) is 61.0 Å². The number of morpholine rings is 1. The van der Waals surface area contributed by atoms with Crippen molar-refractivity contribution in [3.63, 3.8) is 0 Å². The minimum absolute atomic E-state index is 0.206. The van der Waals surface area contributed by atoms with Crippen LogP contribution in [0.1, 0.15) is 13.8 Å². The summed E-state index contributed by atoms with van der Waals surface area (Å²) in [5, 5.41) is 0. The number of carbonyl (C=O) groups is 2. The molecule has 1 saturated heterocycles. The largest absolute Gasteiger partial charge is 0.379 e. The van der Waals surface area contributed by atoms with Gasteiger partial charge in [-0.3, -0.25) is 19.4 Å². The standard InChI is InChI=1S/C6H7NO2.C6H13NO/c1-2-7-5(8)3-4-6(7)9;1-2-7-3-5-8-6-4-7/h3-4H,2H2,1H3;2-6H2,1H3. The van der Waals surface area contributed by atoms with Crippen molar-refractivity contribution in [1.29, 1.82) is 0 Å². The van der Waals surface area contributed by atoms with E-state index in [2.05, 4.69) is 11.8 Å². The molecule has 0 bridgehead atoms. The molecule has 2 rings (SSSR count). The Hall–Kier alpha value is -1.20. The maximum atomic E-state index is 10.6. The van der Waals surface area contributed by atoms with Gasteiger partial charge in [0.15, 0.2) is 0 Å². The van der Waals surface area contributed by atoms with Crippen LogP contribution in [-0.2, 0) is 14.3 Å². The van der Waals surface area contributed by atoms with Crippen molar-refractivity contribution in [3.05, 3.63) is 12.2 Å². The normalized spacial score (nSPS) is 20.5. The van der Waals surface area contributed by atoms with Crippen LogP contribution in [0.3, 0.4) is 0 Å². The average molecular weight is 240 g/mol. The summed E-state index contributed by atoms with van der Waals surface area (Å²) < 4.78 is 5.16. The molecule has 0 saturated carbocycles. The van der Waals surface area contributed by atoms with E-state index in [0.29, 0.717) is 6.54 Å². The van der Waals surface area contributed by atoms with Gasteiger partial charge in [0, 0.05) is 31.8 Å². The number of nitrogens with zero attached hydrogens (tertiary/aromatic N) is 2. The minimum atomic E-state index is -0.206. The summed E-state index contributed by atoms with van der Waals surface area (Å²) in [6.07, 6.45) is 2.57. The van der Waals surface area contributed by atoms with Crippen molar-refractivity contribution in [2.24, 2.45) is 0 Å². The van der Waals surface area contributed by atoms with E-state index >= 15 is 0 Å². The van der Waals surface area contributed by atoms with Gasteiger partial charge in [-0.05, 0) is 13.5 Å². The Bertz CT molecular complexity index is 278. The average Bonchev–Trinajstić information content (AvgIpc) is 2.70. The molecule has 0 aromatic heterocycles. The lowest BCUT2D eigenvalue weighted by atomic mass is 10.4. The molecule has 0 N–H and O–H groups in total. The number of likely N-dealkylation sites (N-methyl/N-ethyl adjacent to an activating group) is 2. The fourth-order valence-electron chi connectivity index (χ4n) is 1.66. The summed E-state index contributed by atoms with van der Waals surface area (Å²) in [6.45, 7) is 9.68. The van der Waals surface area contributed by atoms with Gasteiger partial charge in [-0.25, -0.2) is 0 Å². The molecule has 0 atom stereocenters. The lowest BCUT2D eigenvalue weighted by Gasteiger charge is -2.24. The first-order valence-electron chi connectivity index (χ1n) is 6.02. The van der Waals surface area contributed by atoms with Crippen LogP contribution in [0.5, 0.6) is 0 Å². The maximum absolute atomic E-state index is 10.6. The van der Waals surface area contributed by atoms with Gasteiger partial charge in [0.2, 0.25) is 0 Å². The third kappa shape index (κ3) is 4.28. The van der Waals surface area contributed by atoms with E-state index in [1.54, 1.807) is 6.92 Å². The summed E-state index contributed by atoms with van der Waals surface area (Å²) in [7, 11) is 0. The highest BCUT2D eigenvalue weighted by molar-refractivity contribution is 6.12. The van der Waals surface area contributed by atoms with Crippen molar-refractivity contribution in [1.82, 2.24) is 9.80 Å². The second-order valence-corrected chi connectivity index (χ2v) is 3.80. The lowest BCUT2D eigenvalue weighted by Crippen LogP contribution is -2.35. The number of rotatable bonds is 2. The van der Waals surface area contributed by atoms with Crippen LogP contribution in [0.4, 0.5) is 0 Å². The molecule has 1 fully saturated rings. The van der Waals surface area contributed by atoms with Gasteiger partial charge in [0.25, 0.3) is 11.8 Å². The maximum Gasteiger partial charge on any atom is 0.253 e. The number of hydrogen-bond donors (Lipinski definition) is 0. The second-order valence-electron chi connectivity index (χ2n) is 3.80. The third-order valence-electron chi connectivity index (χ3n) is 2.77. The van der Waals surface area contributed by atoms with E-state index in [1.807, 2.05) is 0 Å². The topological polar surface area (TPSA) is 49.9 Å². The van der Waals surface area contributed by atoms with Gasteiger partial charge in [-0.1, -0.05) is 6.92 Å². The molecule has 0 aliphatic carbocycles. The van der Waals surface area contributed by atoms with Gasteiger partial charge < -0.3 is 4.74 Å². The Morgan fingerprint density at radius 1 is 1.06 bits per heavy atom. The van der Waals surface area contributed by atoms with Crippen LogP contribution in [0.2, 0.25) is 0 Å². The molecule has 2 heterocycles. The van der Waals surface area contributed by atoms with Crippen molar-refractivity contribution in [2.45, 2.75) is 13.8 Å². The fourth-order valence-corrected chi connectivity index (χ4v) is 1.66. The lowest BCUT2D eigenvalue weighted by molar-refractivity contribution is -0.136.